The standard InChI is InChI=1S/C29H33N3O7S/c1-4-37-27-17-22(13-16-26(27)39-20-29(34)38-5-2)19-30-31-28(33)18-25(23-9-7-6-8-10-23)32-40(35,36)24-14-11-21(3)12-15-24/h6-17,19,25,32H,4-5,18,20H2,1-3H3,(H,31,33)/b30-19-/t25-/m0/s1. The molecule has 0 saturated carbocycles. The summed E-state index contributed by atoms with van der Waals surface area (Å²) >= 11 is 0. The highest BCUT2D eigenvalue weighted by molar-refractivity contribution is 7.89. The van der Waals surface area contributed by atoms with Crippen molar-refractivity contribution in [1.29, 1.82) is 0 Å². The van der Waals surface area contributed by atoms with Crippen LogP contribution in [0.4, 0.5) is 0 Å². The van der Waals surface area contributed by atoms with Gasteiger partial charge in [-0.2, -0.15) is 5.10 Å². The third-order valence-corrected chi connectivity index (χ3v) is 7.03. The van der Waals surface area contributed by atoms with Gasteiger partial charge in [0.1, 0.15) is 0 Å². The highest BCUT2D eigenvalue weighted by Gasteiger charge is 2.23. The molecule has 0 spiro atoms. The van der Waals surface area contributed by atoms with Gasteiger partial charge in [0.05, 0.1) is 30.4 Å². The van der Waals surface area contributed by atoms with Crippen molar-refractivity contribution in [2.24, 2.45) is 5.10 Å². The topological polar surface area (TPSA) is 132 Å². The number of ether oxygens (including phenoxy) is 3. The molecule has 1 atom stereocenters. The normalized spacial score (nSPS) is 12.1. The minimum absolute atomic E-state index is 0.109. The number of carbonyl (C=O) groups is 2. The van der Waals surface area contributed by atoms with E-state index in [0.717, 1.165) is 5.56 Å². The van der Waals surface area contributed by atoms with E-state index in [2.05, 4.69) is 15.2 Å². The number of sulfonamides is 1. The molecule has 3 rings (SSSR count). The first-order valence-corrected chi connectivity index (χ1v) is 14.2. The molecule has 10 nitrogen and oxygen atoms in total. The average molecular weight is 568 g/mol. The summed E-state index contributed by atoms with van der Waals surface area (Å²) in [5.41, 5.74) is 4.62. The zero-order valence-corrected chi connectivity index (χ0v) is 23.4. The molecule has 0 aliphatic rings. The number of nitrogens with zero attached hydrogens (tertiary/aromatic N) is 1. The number of benzene rings is 3. The summed E-state index contributed by atoms with van der Waals surface area (Å²) in [7, 11) is -3.88. The van der Waals surface area contributed by atoms with Crippen molar-refractivity contribution in [3.8, 4) is 11.5 Å². The first kappa shape index (κ1) is 30.3. The van der Waals surface area contributed by atoms with Crippen LogP contribution in [0.5, 0.6) is 11.5 Å². The van der Waals surface area contributed by atoms with Crippen molar-refractivity contribution in [3.63, 3.8) is 0 Å². The third kappa shape index (κ3) is 9.21. The Kier molecular flexibility index (Phi) is 11.2. The summed E-state index contributed by atoms with van der Waals surface area (Å²) in [6, 6.07) is 19.5. The lowest BCUT2D eigenvalue weighted by Crippen LogP contribution is -2.32. The summed E-state index contributed by atoms with van der Waals surface area (Å²) in [5.74, 6) is -0.219. The molecule has 212 valence electrons. The molecule has 0 aromatic heterocycles. The Bertz CT molecular complexity index is 1410. The molecule has 40 heavy (non-hydrogen) atoms. The Balaban J connectivity index is 1.68. The van der Waals surface area contributed by atoms with Crippen LogP contribution in [0.3, 0.4) is 0 Å². The maximum Gasteiger partial charge on any atom is 0.344 e. The molecule has 1 amide bonds. The van der Waals surface area contributed by atoms with Gasteiger partial charge >= 0.3 is 5.97 Å². The Morgan fingerprint density at radius 2 is 1.65 bits per heavy atom. The SMILES string of the molecule is CCOC(=O)COc1ccc(/C=N\NC(=O)C[C@H](NS(=O)(=O)c2ccc(C)cc2)c2ccccc2)cc1OCC. The smallest absolute Gasteiger partial charge is 0.344 e. The minimum Gasteiger partial charge on any atom is -0.490 e. The van der Waals surface area contributed by atoms with Crippen molar-refractivity contribution in [1.82, 2.24) is 10.1 Å². The molecule has 0 aliphatic heterocycles. The van der Waals surface area contributed by atoms with E-state index in [1.54, 1.807) is 61.5 Å². The van der Waals surface area contributed by atoms with E-state index in [-0.39, 0.29) is 24.5 Å². The first-order valence-electron chi connectivity index (χ1n) is 12.7. The zero-order valence-electron chi connectivity index (χ0n) is 22.6. The van der Waals surface area contributed by atoms with Crippen LogP contribution in [0.25, 0.3) is 0 Å². The number of amides is 1. The van der Waals surface area contributed by atoms with Gasteiger partial charge in [-0.1, -0.05) is 48.0 Å². The number of rotatable bonds is 14. The third-order valence-electron chi connectivity index (χ3n) is 5.54. The fourth-order valence-corrected chi connectivity index (χ4v) is 4.85. The highest BCUT2D eigenvalue weighted by Crippen LogP contribution is 2.28. The van der Waals surface area contributed by atoms with Gasteiger partial charge in [0.15, 0.2) is 18.1 Å². The molecule has 11 heteroatoms. The van der Waals surface area contributed by atoms with Gasteiger partial charge in [0.25, 0.3) is 0 Å². The largest absolute Gasteiger partial charge is 0.490 e. The lowest BCUT2D eigenvalue weighted by atomic mass is 10.0. The van der Waals surface area contributed by atoms with Crippen LogP contribution in [0.2, 0.25) is 0 Å². The summed E-state index contributed by atoms with van der Waals surface area (Å²) in [6.07, 6.45) is 1.24. The molecule has 0 fully saturated rings. The molecule has 0 unspecified atom stereocenters. The van der Waals surface area contributed by atoms with Gasteiger partial charge < -0.3 is 14.2 Å². The number of nitrogens with one attached hydrogen (secondary N) is 2. The number of hydrogen-bond donors (Lipinski definition) is 2. The quantitative estimate of drug-likeness (QED) is 0.172. The molecule has 2 N–H and O–H groups in total. The van der Waals surface area contributed by atoms with Gasteiger partial charge in [0.2, 0.25) is 15.9 Å². The molecular weight excluding hydrogens is 534 g/mol. The zero-order chi connectivity index (χ0) is 29.0. The second-order valence-electron chi connectivity index (χ2n) is 8.63. The van der Waals surface area contributed by atoms with Crippen molar-refractivity contribution in [3.05, 3.63) is 89.5 Å². The average Bonchev–Trinajstić information content (AvgIpc) is 2.93. The lowest BCUT2D eigenvalue weighted by Gasteiger charge is -2.18. The summed E-state index contributed by atoms with van der Waals surface area (Å²) < 4.78 is 44.6. The van der Waals surface area contributed by atoms with Crippen LogP contribution in [-0.2, 0) is 24.3 Å². The summed E-state index contributed by atoms with van der Waals surface area (Å²) in [6.45, 7) is 5.76. The van der Waals surface area contributed by atoms with Crippen molar-refractivity contribution in [2.75, 3.05) is 19.8 Å². The van der Waals surface area contributed by atoms with Gasteiger partial charge in [-0.05, 0) is 62.2 Å². The number of carbonyl (C=O) groups excluding carboxylic acids is 2. The van der Waals surface area contributed by atoms with Crippen molar-refractivity contribution >= 4 is 28.1 Å². The second-order valence-corrected chi connectivity index (χ2v) is 10.3. The van der Waals surface area contributed by atoms with Crippen LogP contribution in [0.15, 0.2) is 82.8 Å². The van der Waals surface area contributed by atoms with Crippen molar-refractivity contribution < 1.29 is 32.2 Å². The summed E-state index contributed by atoms with van der Waals surface area (Å²) in [4.78, 5) is 24.5. The van der Waals surface area contributed by atoms with Crippen LogP contribution in [0, 0.1) is 6.92 Å². The number of hydrogen-bond acceptors (Lipinski definition) is 8. The Morgan fingerprint density at radius 3 is 2.33 bits per heavy atom. The van der Waals surface area contributed by atoms with Gasteiger partial charge in [-0.25, -0.2) is 23.4 Å². The number of hydrazone groups is 1. The Morgan fingerprint density at radius 1 is 0.925 bits per heavy atom. The highest BCUT2D eigenvalue weighted by atomic mass is 32.2. The summed E-state index contributed by atoms with van der Waals surface area (Å²) in [5, 5.41) is 4.01. The maximum atomic E-state index is 13.0. The van der Waals surface area contributed by atoms with E-state index in [1.165, 1.54) is 18.3 Å². The van der Waals surface area contributed by atoms with Crippen LogP contribution >= 0.6 is 0 Å². The van der Waals surface area contributed by atoms with Crippen LogP contribution < -0.4 is 19.6 Å². The molecule has 0 heterocycles. The lowest BCUT2D eigenvalue weighted by molar-refractivity contribution is -0.145. The van der Waals surface area contributed by atoms with E-state index in [4.69, 9.17) is 14.2 Å². The molecule has 0 radical (unpaired) electrons. The van der Waals surface area contributed by atoms with Gasteiger partial charge in [-0.3, -0.25) is 4.79 Å². The monoisotopic (exact) mass is 567 g/mol. The minimum atomic E-state index is -3.88. The maximum absolute atomic E-state index is 13.0. The predicted octanol–water partition coefficient (Wildman–Crippen LogP) is 3.90. The van der Waals surface area contributed by atoms with E-state index < -0.39 is 27.9 Å². The first-order chi connectivity index (χ1) is 19.2. The fraction of sp³-hybridized carbons (Fsp3) is 0.276. The van der Waals surface area contributed by atoms with E-state index >= 15 is 0 Å². The van der Waals surface area contributed by atoms with Crippen LogP contribution in [-0.4, -0.2) is 46.3 Å². The van der Waals surface area contributed by atoms with Gasteiger partial charge in [0, 0.05) is 6.42 Å². The predicted molar refractivity (Wildman–Crippen MR) is 151 cm³/mol. The molecule has 3 aromatic carbocycles. The number of esters is 1. The molecule has 0 saturated heterocycles. The fourth-order valence-electron chi connectivity index (χ4n) is 3.63. The van der Waals surface area contributed by atoms with Crippen LogP contribution in [0.1, 0.15) is 43.0 Å². The van der Waals surface area contributed by atoms with E-state index in [0.29, 0.717) is 29.2 Å². The molecule has 3 aromatic rings. The van der Waals surface area contributed by atoms with E-state index in [1.807, 2.05) is 19.9 Å². The molecule has 0 bridgehead atoms. The molecule has 0 aliphatic carbocycles. The molecular formula is C29H33N3O7S. The van der Waals surface area contributed by atoms with Gasteiger partial charge in [-0.15, -0.1) is 0 Å². The second kappa shape index (κ2) is 14.8. The number of aryl methyl sites for hydroxylation is 1. The Labute approximate surface area is 234 Å². The van der Waals surface area contributed by atoms with Crippen molar-refractivity contribution in [2.45, 2.75) is 38.1 Å². The van der Waals surface area contributed by atoms with E-state index in [9.17, 15) is 18.0 Å². The Hall–Kier alpha value is -4.22.